The summed E-state index contributed by atoms with van der Waals surface area (Å²) in [5.41, 5.74) is 0.458. The van der Waals surface area contributed by atoms with E-state index in [1.807, 2.05) is 7.05 Å². The molecule has 1 aliphatic heterocycles. The van der Waals surface area contributed by atoms with E-state index in [1.54, 1.807) is 26.1 Å². The van der Waals surface area contributed by atoms with Crippen LogP contribution in [0.4, 0.5) is 10.1 Å². The van der Waals surface area contributed by atoms with Crippen LogP contribution in [0.3, 0.4) is 0 Å². The Morgan fingerprint density at radius 1 is 1.45 bits per heavy atom. The molecule has 5 nitrogen and oxygen atoms in total. The van der Waals surface area contributed by atoms with E-state index in [-0.39, 0.29) is 5.69 Å². The van der Waals surface area contributed by atoms with E-state index in [0.717, 1.165) is 19.5 Å². The van der Waals surface area contributed by atoms with Gasteiger partial charge in [0.1, 0.15) is 5.82 Å². The van der Waals surface area contributed by atoms with E-state index in [4.69, 9.17) is 0 Å². The summed E-state index contributed by atoms with van der Waals surface area (Å²) >= 11 is 0. The lowest BCUT2D eigenvalue weighted by Gasteiger charge is -2.20. The Balaban J connectivity index is 1.94. The fraction of sp³-hybridized carbons (Fsp3) is 0.500. The van der Waals surface area contributed by atoms with Crippen LogP contribution in [-0.4, -0.2) is 55.3 Å². The molecule has 1 aliphatic rings. The van der Waals surface area contributed by atoms with Gasteiger partial charge in [-0.15, -0.1) is 0 Å². The van der Waals surface area contributed by atoms with Crippen molar-refractivity contribution in [3.05, 3.63) is 29.6 Å². The van der Waals surface area contributed by atoms with Gasteiger partial charge in [0.15, 0.2) is 0 Å². The van der Waals surface area contributed by atoms with Gasteiger partial charge in [0, 0.05) is 20.1 Å². The predicted octanol–water partition coefficient (Wildman–Crippen LogP) is 1.48. The fourth-order valence-electron chi connectivity index (χ4n) is 2.74. The van der Waals surface area contributed by atoms with Gasteiger partial charge in [-0.05, 0) is 44.5 Å². The van der Waals surface area contributed by atoms with Gasteiger partial charge in [0.05, 0.1) is 5.69 Å². The van der Waals surface area contributed by atoms with Gasteiger partial charge in [-0.3, -0.25) is 9.59 Å². The molecule has 22 heavy (non-hydrogen) atoms. The number of carbonyl (C=O) groups is 2. The van der Waals surface area contributed by atoms with E-state index in [1.165, 1.54) is 11.0 Å². The smallest absolute Gasteiger partial charge is 0.313 e. The largest absolute Gasteiger partial charge is 0.337 e. The maximum atomic E-state index is 13.9. The number of hydrogen-bond donors (Lipinski definition) is 1. The molecular formula is C16H22FN3O2. The van der Waals surface area contributed by atoms with Gasteiger partial charge in [0.25, 0.3) is 0 Å². The molecule has 0 unspecified atom stereocenters. The summed E-state index contributed by atoms with van der Waals surface area (Å²) in [7, 11) is 3.64. The number of rotatable bonds is 3. The van der Waals surface area contributed by atoms with Crippen molar-refractivity contribution < 1.29 is 14.0 Å². The molecular weight excluding hydrogens is 285 g/mol. The van der Waals surface area contributed by atoms with E-state index in [2.05, 4.69) is 10.2 Å². The third-order valence-electron chi connectivity index (χ3n) is 4.00. The molecule has 1 heterocycles. The second kappa shape index (κ2) is 6.87. The Kier molecular flexibility index (Phi) is 5.13. The fourth-order valence-corrected chi connectivity index (χ4v) is 2.74. The molecule has 1 fully saturated rings. The molecule has 1 aromatic carbocycles. The first-order valence-electron chi connectivity index (χ1n) is 7.38. The third kappa shape index (κ3) is 3.82. The summed E-state index contributed by atoms with van der Waals surface area (Å²) in [6.45, 7) is 4.07. The molecule has 2 amide bonds. The number of benzene rings is 1. The number of anilines is 1. The topological polar surface area (TPSA) is 52.7 Å². The van der Waals surface area contributed by atoms with Gasteiger partial charge in [-0.2, -0.15) is 0 Å². The maximum absolute atomic E-state index is 13.9. The lowest BCUT2D eigenvalue weighted by atomic mass is 10.1. The molecule has 0 aromatic heterocycles. The number of carbonyl (C=O) groups excluding carboxylic acids is 2. The number of likely N-dealkylation sites (N-methyl/N-ethyl adjacent to an activating group) is 1. The highest BCUT2D eigenvalue weighted by Gasteiger charge is 2.26. The second-order valence-corrected chi connectivity index (χ2v) is 5.99. The maximum Gasteiger partial charge on any atom is 0.313 e. The molecule has 6 heteroatoms. The van der Waals surface area contributed by atoms with Crippen LogP contribution in [0.1, 0.15) is 12.0 Å². The quantitative estimate of drug-likeness (QED) is 0.861. The Bertz CT molecular complexity index is 577. The molecule has 0 saturated carbocycles. The molecule has 120 valence electrons. The Labute approximate surface area is 130 Å². The zero-order chi connectivity index (χ0) is 16.3. The van der Waals surface area contributed by atoms with Crippen LogP contribution in [0.25, 0.3) is 0 Å². The van der Waals surface area contributed by atoms with Crippen LogP contribution >= 0.6 is 0 Å². The average molecular weight is 307 g/mol. The van der Waals surface area contributed by atoms with E-state index >= 15 is 0 Å². The minimum Gasteiger partial charge on any atom is -0.337 e. The highest BCUT2D eigenvalue weighted by Crippen LogP contribution is 2.18. The predicted molar refractivity (Wildman–Crippen MR) is 83.0 cm³/mol. The van der Waals surface area contributed by atoms with Crippen molar-refractivity contribution in [1.29, 1.82) is 0 Å². The van der Waals surface area contributed by atoms with E-state index in [9.17, 15) is 14.0 Å². The van der Waals surface area contributed by atoms with Crippen LogP contribution in [0, 0.1) is 18.7 Å². The van der Waals surface area contributed by atoms with Crippen molar-refractivity contribution in [1.82, 2.24) is 9.80 Å². The van der Waals surface area contributed by atoms with Gasteiger partial charge in [-0.1, -0.05) is 12.1 Å². The molecule has 0 aliphatic carbocycles. The van der Waals surface area contributed by atoms with Crippen LogP contribution < -0.4 is 5.32 Å². The number of likely N-dealkylation sites (tertiary alicyclic amines) is 1. The van der Waals surface area contributed by atoms with Crippen LogP contribution in [0.2, 0.25) is 0 Å². The Hall–Kier alpha value is -1.95. The molecule has 1 N–H and O–H groups in total. The SMILES string of the molecule is Cc1cccc(NC(=O)C(=O)N(C)C[C@@H]2CCN(C)C2)c1F. The first-order chi connectivity index (χ1) is 10.4. The molecule has 1 atom stereocenters. The van der Waals surface area contributed by atoms with Crippen molar-refractivity contribution >= 4 is 17.5 Å². The lowest BCUT2D eigenvalue weighted by molar-refractivity contribution is -0.142. The zero-order valence-electron chi connectivity index (χ0n) is 13.2. The molecule has 0 spiro atoms. The lowest BCUT2D eigenvalue weighted by Crippen LogP contribution is -2.40. The number of nitrogens with zero attached hydrogens (tertiary/aromatic N) is 2. The minimum atomic E-state index is -0.807. The number of amides is 2. The normalized spacial score (nSPS) is 18.3. The number of nitrogens with one attached hydrogen (secondary N) is 1. The van der Waals surface area contributed by atoms with Crippen LogP contribution in [-0.2, 0) is 9.59 Å². The highest BCUT2D eigenvalue weighted by atomic mass is 19.1. The van der Waals surface area contributed by atoms with E-state index < -0.39 is 17.6 Å². The van der Waals surface area contributed by atoms with Crippen molar-refractivity contribution in [2.45, 2.75) is 13.3 Å². The van der Waals surface area contributed by atoms with Crippen molar-refractivity contribution in [2.24, 2.45) is 5.92 Å². The monoisotopic (exact) mass is 307 g/mol. The zero-order valence-corrected chi connectivity index (χ0v) is 13.2. The van der Waals surface area contributed by atoms with Crippen LogP contribution in [0.5, 0.6) is 0 Å². The molecule has 1 saturated heterocycles. The molecule has 1 aromatic rings. The van der Waals surface area contributed by atoms with Crippen molar-refractivity contribution in [2.75, 3.05) is 39.0 Å². The molecule has 0 radical (unpaired) electrons. The number of hydrogen-bond acceptors (Lipinski definition) is 3. The standard InChI is InChI=1S/C16H22FN3O2/c1-11-5-4-6-13(14(11)17)18-15(21)16(22)20(3)10-12-7-8-19(2)9-12/h4-6,12H,7-10H2,1-3H3,(H,18,21)/t12-/m1/s1. The van der Waals surface area contributed by atoms with Gasteiger partial charge in [-0.25, -0.2) is 4.39 Å². The summed E-state index contributed by atoms with van der Waals surface area (Å²) in [5, 5.41) is 2.35. The first kappa shape index (κ1) is 16.4. The second-order valence-electron chi connectivity index (χ2n) is 5.99. The van der Waals surface area contributed by atoms with Gasteiger partial charge >= 0.3 is 11.8 Å². The Morgan fingerprint density at radius 2 is 2.18 bits per heavy atom. The average Bonchev–Trinajstić information content (AvgIpc) is 2.88. The Morgan fingerprint density at radius 3 is 2.82 bits per heavy atom. The first-order valence-corrected chi connectivity index (χ1v) is 7.38. The summed E-state index contributed by atoms with van der Waals surface area (Å²) in [6, 6.07) is 4.69. The molecule has 2 rings (SSSR count). The summed E-state index contributed by atoms with van der Waals surface area (Å²) in [4.78, 5) is 27.7. The van der Waals surface area contributed by atoms with Crippen molar-refractivity contribution in [3.8, 4) is 0 Å². The third-order valence-corrected chi connectivity index (χ3v) is 4.00. The summed E-state index contributed by atoms with van der Waals surface area (Å²) in [6.07, 6.45) is 1.02. The van der Waals surface area contributed by atoms with E-state index in [0.29, 0.717) is 18.0 Å². The summed E-state index contributed by atoms with van der Waals surface area (Å²) in [5.74, 6) is -1.58. The van der Waals surface area contributed by atoms with Gasteiger partial charge in [0.2, 0.25) is 0 Å². The highest BCUT2D eigenvalue weighted by molar-refractivity contribution is 6.39. The van der Waals surface area contributed by atoms with Crippen molar-refractivity contribution in [3.63, 3.8) is 0 Å². The van der Waals surface area contributed by atoms with Crippen LogP contribution in [0.15, 0.2) is 18.2 Å². The molecule has 0 bridgehead atoms. The number of halogens is 1. The summed E-state index contributed by atoms with van der Waals surface area (Å²) < 4.78 is 13.9. The van der Waals surface area contributed by atoms with Gasteiger partial charge < -0.3 is 15.1 Å². The minimum absolute atomic E-state index is 0.0346. The number of aryl methyl sites for hydroxylation is 1.